The zero-order valence-electron chi connectivity index (χ0n) is 16.4. The number of benzene rings is 1. The molecule has 1 aromatic heterocycles. The zero-order chi connectivity index (χ0) is 19.3. The van der Waals surface area contributed by atoms with E-state index in [9.17, 15) is 4.79 Å². The molecular weight excluding hydrogens is 368 g/mol. The van der Waals surface area contributed by atoms with Crippen molar-refractivity contribution < 1.29 is 4.79 Å². The number of aryl methyl sites for hydroxylation is 1. The molecule has 2 aliphatic rings. The number of carbonyl (C=O) groups excluding carboxylic acids is 1. The molecule has 0 bridgehead atoms. The maximum absolute atomic E-state index is 12.6. The van der Waals surface area contributed by atoms with E-state index in [4.69, 9.17) is 0 Å². The first-order chi connectivity index (χ1) is 13.7. The fourth-order valence-electron chi connectivity index (χ4n) is 4.07. The van der Waals surface area contributed by atoms with E-state index >= 15 is 0 Å². The average molecular weight is 397 g/mol. The van der Waals surface area contributed by atoms with E-state index < -0.39 is 0 Å². The van der Waals surface area contributed by atoms with Gasteiger partial charge in [0.15, 0.2) is 5.82 Å². The Bertz CT molecular complexity index is 796. The molecule has 5 nitrogen and oxygen atoms in total. The summed E-state index contributed by atoms with van der Waals surface area (Å²) in [5, 5.41) is 4.19. The van der Waals surface area contributed by atoms with Crippen molar-refractivity contribution in [2.75, 3.05) is 18.0 Å². The first kappa shape index (κ1) is 19.2. The van der Waals surface area contributed by atoms with Crippen LogP contribution in [0.4, 0.5) is 5.82 Å². The van der Waals surface area contributed by atoms with Gasteiger partial charge >= 0.3 is 0 Å². The highest BCUT2D eigenvalue weighted by Gasteiger charge is 2.28. The molecule has 1 aliphatic heterocycles. The summed E-state index contributed by atoms with van der Waals surface area (Å²) in [7, 11) is 0. The third kappa shape index (κ3) is 4.66. The number of anilines is 1. The van der Waals surface area contributed by atoms with E-state index in [1.807, 2.05) is 0 Å². The minimum atomic E-state index is 0.127. The third-order valence-electron chi connectivity index (χ3n) is 5.75. The number of aromatic nitrogens is 2. The lowest BCUT2D eigenvalue weighted by Crippen LogP contribution is -2.43. The Morgan fingerprint density at radius 2 is 1.71 bits per heavy atom. The van der Waals surface area contributed by atoms with Crippen LogP contribution < -0.4 is 10.2 Å². The predicted molar refractivity (Wildman–Crippen MR) is 113 cm³/mol. The molecule has 2 aromatic rings. The maximum atomic E-state index is 12.6. The molecule has 1 N–H and O–H groups in total. The molecule has 2 fully saturated rings. The van der Waals surface area contributed by atoms with Crippen LogP contribution in [0.5, 0.6) is 0 Å². The number of amides is 1. The van der Waals surface area contributed by atoms with Gasteiger partial charge in [-0.15, -0.1) is 0 Å². The topological polar surface area (TPSA) is 58.1 Å². The van der Waals surface area contributed by atoms with E-state index in [0.717, 1.165) is 54.5 Å². The zero-order valence-corrected chi connectivity index (χ0v) is 17.3. The largest absolute Gasteiger partial charge is 0.354 e. The van der Waals surface area contributed by atoms with Crippen LogP contribution in [-0.4, -0.2) is 35.0 Å². The summed E-state index contributed by atoms with van der Waals surface area (Å²) in [4.78, 5) is 25.2. The lowest BCUT2D eigenvalue weighted by Gasteiger charge is -2.33. The van der Waals surface area contributed by atoms with Crippen LogP contribution in [0.25, 0.3) is 0 Å². The molecule has 1 amide bonds. The first-order valence-electron chi connectivity index (χ1n) is 10.3. The maximum Gasteiger partial charge on any atom is 0.223 e. The van der Waals surface area contributed by atoms with Crippen molar-refractivity contribution in [2.45, 2.75) is 61.4 Å². The molecule has 6 heteroatoms. The summed E-state index contributed by atoms with van der Waals surface area (Å²) in [5.74, 6) is 1.31. The Kier molecular flexibility index (Phi) is 6.15. The van der Waals surface area contributed by atoms with Gasteiger partial charge in [-0.2, -0.15) is 0 Å². The fraction of sp³-hybridized carbons (Fsp3) is 0.500. The SMILES string of the molecule is Cc1ccc(Sc2nccnc2N2CCC(C(=O)NC3CCCC3)CC2)cc1. The Morgan fingerprint density at radius 1 is 1.04 bits per heavy atom. The number of nitrogens with one attached hydrogen (secondary N) is 1. The summed E-state index contributed by atoms with van der Waals surface area (Å²) in [6.45, 7) is 3.79. The average Bonchev–Trinajstić information content (AvgIpc) is 3.23. The number of hydrogen-bond donors (Lipinski definition) is 1. The quantitative estimate of drug-likeness (QED) is 0.820. The van der Waals surface area contributed by atoms with Gasteiger partial charge in [0.25, 0.3) is 0 Å². The molecule has 148 valence electrons. The van der Waals surface area contributed by atoms with Gasteiger partial charge in [-0.25, -0.2) is 9.97 Å². The van der Waals surface area contributed by atoms with E-state index in [1.165, 1.54) is 18.4 Å². The van der Waals surface area contributed by atoms with Crippen LogP contribution >= 0.6 is 11.8 Å². The van der Waals surface area contributed by atoms with Gasteiger partial charge in [0.2, 0.25) is 5.91 Å². The lowest BCUT2D eigenvalue weighted by atomic mass is 9.95. The lowest BCUT2D eigenvalue weighted by molar-refractivity contribution is -0.126. The van der Waals surface area contributed by atoms with Gasteiger partial charge in [-0.1, -0.05) is 42.3 Å². The molecule has 4 rings (SSSR count). The summed E-state index contributed by atoms with van der Waals surface area (Å²) in [5.41, 5.74) is 1.25. The van der Waals surface area contributed by atoms with Crippen LogP contribution in [-0.2, 0) is 4.79 Å². The number of piperidine rings is 1. The number of carbonyl (C=O) groups is 1. The van der Waals surface area contributed by atoms with Crippen LogP contribution in [0.1, 0.15) is 44.1 Å². The molecule has 0 radical (unpaired) electrons. The smallest absolute Gasteiger partial charge is 0.223 e. The van der Waals surface area contributed by atoms with Gasteiger partial charge in [-0.3, -0.25) is 4.79 Å². The van der Waals surface area contributed by atoms with Crippen LogP contribution in [0, 0.1) is 12.8 Å². The van der Waals surface area contributed by atoms with Gasteiger partial charge in [-0.05, 0) is 44.7 Å². The van der Waals surface area contributed by atoms with Crippen molar-refractivity contribution in [2.24, 2.45) is 5.92 Å². The molecule has 1 saturated carbocycles. The molecule has 1 aromatic carbocycles. The number of nitrogens with zero attached hydrogens (tertiary/aromatic N) is 3. The molecule has 0 atom stereocenters. The number of rotatable bonds is 5. The summed E-state index contributed by atoms with van der Waals surface area (Å²) in [6, 6.07) is 8.89. The second kappa shape index (κ2) is 8.95. The first-order valence-corrected chi connectivity index (χ1v) is 11.1. The second-order valence-corrected chi connectivity index (χ2v) is 8.91. The number of hydrogen-bond acceptors (Lipinski definition) is 5. The highest BCUT2D eigenvalue weighted by atomic mass is 32.2. The van der Waals surface area contributed by atoms with Gasteiger partial charge < -0.3 is 10.2 Å². The Hall–Kier alpha value is -2.08. The van der Waals surface area contributed by atoms with Crippen molar-refractivity contribution in [3.05, 3.63) is 42.2 Å². The van der Waals surface area contributed by atoms with Crippen LogP contribution in [0.3, 0.4) is 0 Å². The Labute approximate surface area is 171 Å². The van der Waals surface area contributed by atoms with Gasteiger partial charge in [0, 0.05) is 42.3 Å². The van der Waals surface area contributed by atoms with Crippen LogP contribution in [0.15, 0.2) is 46.6 Å². The van der Waals surface area contributed by atoms with Crippen molar-refractivity contribution in [1.29, 1.82) is 0 Å². The van der Waals surface area contributed by atoms with E-state index in [-0.39, 0.29) is 11.8 Å². The van der Waals surface area contributed by atoms with Crippen molar-refractivity contribution >= 4 is 23.5 Å². The Morgan fingerprint density at radius 3 is 2.43 bits per heavy atom. The van der Waals surface area contributed by atoms with E-state index in [0.29, 0.717) is 6.04 Å². The summed E-state index contributed by atoms with van der Waals surface area (Å²) < 4.78 is 0. The van der Waals surface area contributed by atoms with Crippen LogP contribution in [0.2, 0.25) is 0 Å². The molecule has 1 saturated heterocycles. The highest BCUT2D eigenvalue weighted by Crippen LogP contribution is 2.34. The van der Waals surface area contributed by atoms with Crippen molar-refractivity contribution in [3.63, 3.8) is 0 Å². The fourth-order valence-corrected chi connectivity index (χ4v) is 4.95. The molecule has 0 spiro atoms. The molecular formula is C22H28N4OS. The van der Waals surface area contributed by atoms with Crippen molar-refractivity contribution in [3.8, 4) is 0 Å². The monoisotopic (exact) mass is 396 g/mol. The standard InChI is InChI=1S/C22H28N4OS/c1-16-6-8-19(9-7-16)28-22-20(23-12-13-24-22)26-14-10-17(11-15-26)21(27)25-18-4-2-3-5-18/h6-9,12-13,17-18H,2-5,10-11,14-15H2,1H3,(H,25,27). The molecule has 2 heterocycles. The minimum absolute atomic E-state index is 0.127. The Balaban J connectivity index is 1.37. The van der Waals surface area contributed by atoms with Gasteiger partial charge in [0.1, 0.15) is 5.03 Å². The molecule has 28 heavy (non-hydrogen) atoms. The van der Waals surface area contributed by atoms with E-state index in [2.05, 4.69) is 51.4 Å². The summed E-state index contributed by atoms with van der Waals surface area (Å²) in [6.07, 6.45) is 10.0. The minimum Gasteiger partial charge on any atom is -0.354 e. The predicted octanol–water partition coefficient (Wildman–Crippen LogP) is 4.21. The molecule has 0 unspecified atom stereocenters. The summed E-state index contributed by atoms with van der Waals surface area (Å²) >= 11 is 1.65. The van der Waals surface area contributed by atoms with Gasteiger partial charge in [0.05, 0.1) is 0 Å². The second-order valence-electron chi connectivity index (χ2n) is 7.85. The normalized spacial score (nSPS) is 18.4. The van der Waals surface area contributed by atoms with E-state index in [1.54, 1.807) is 24.2 Å². The molecule has 1 aliphatic carbocycles. The van der Waals surface area contributed by atoms with Crippen molar-refractivity contribution in [1.82, 2.24) is 15.3 Å². The third-order valence-corrected chi connectivity index (χ3v) is 6.74. The highest BCUT2D eigenvalue weighted by molar-refractivity contribution is 7.99.